The molecule has 2 N–H and O–H groups in total. The van der Waals surface area contributed by atoms with Crippen molar-refractivity contribution in [2.75, 3.05) is 79.3 Å². The minimum atomic E-state index is 0.0321. The van der Waals surface area contributed by atoms with E-state index in [4.69, 9.17) is 38.6 Å². The first kappa shape index (κ1) is 29.0. The van der Waals surface area contributed by atoms with Crippen LogP contribution in [-0.2, 0) is 31.8 Å². The lowest BCUT2D eigenvalue weighted by Crippen LogP contribution is -2.11. The maximum Gasteiger partial charge on any atom is 0.119 e. The number of hydrogen-bond donors (Lipinski definition) is 2. The van der Waals surface area contributed by atoms with Crippen molar-refractivity contribution in [2.45, 2.75) is 19.3 Å². The lowest BCUT2D eigenvalue weighted by atomic mass is 10.0. The van der Waals surface area contributed by atoms with Crippen LogP contribution >= 0.6 is 0 Å². The van der Waals surface area contributed by atoms with Gasteiger partial charge in [0.15, 0.2) is 0 Å². The molecule has 35 heavy (non-hydrogen) atoms. The van der Waals surface area contributed by atoms with E-state index in [0.29, 0.717) is 66.1 Å². The Labute approximate surface area is 208 Å². The van der Waals surface area contributed by atoms with Crippen LogP contribution in [0.15, 0.2) is 48.5 Å². The molecule has 2 aromatic carbocycles. The fraction of sp³-hybridized carbons (Fsp3) is 0.556. The summed E-state index contributed by atoms with van der Waals surface area (Å²) in [6.45, 7) is 4.69. The molecule has 0 saturated carbocycles. The maximum absolute atomic E-state index is 8.62. The van der Waals surface area contributed by atoms with Crippen molar-refractivity contribution in [3.63, 3.8) is 0 Å². The van der Waals surface area contributed by atoms with Gasteiger partial charge in [-0.1, -0.05) is 24.3 Å². The van der Waals surface area contributed by atoms with Crippen LogP contribution in [0.3, 0.4) is 0 Å². The first-order valence-corrected chi connectivity index (χ1v) is 12.3. The zero-order valence-corrected chi connectivity index (χ0v) is 20.6. The number of hydrogen-bond acceptors (Lipinski definition) is 8. The Kier molecular flexibility index (Phi) is 16.6. The largest absolute Gasteiger partial charge is 0.491 e. The second kappa shape index (κ2) is 20.0. The minimum absolute atomic E-state index is 0.0321. The predicted octanol–water partition coefficient (Wildman–Crippen LogP) is 2.67. The third-order valence-electron chi connectivity index (χ3n) is 4.99. The summed E-state index contributed by atoms with van der Waals surface area (Å²) in [7, 11) is 0. The van der Waals surface area contributed by atoms with Crippen molar-refractivity contribution in [2.24, 2.45) is 0 Å². The van der Waals surface area contributed by atoms with E-state index < -0.39 is 0 Å². The summed E-state index contributed by atoms with van der Waals surface area (Å²) in [5.74, 6) is 1.68. The Bertz CT molecular complexity index is 672. The lowest BCUT2D eigenvalue weighted by molar-refractivity contribution is 0.0247. The second-order valence-electron chi connectivity index (χ2n) is 7.74. The van der Waals surface area contributed by atoms with Gasteiger partial charge in [-0.15, -0.1) is 0 Å². The van der Waals surface area contributed by atoms with Crippen molar-refractivity contribution in [1.29, 1.82) is 0 Å². The minimum Gasteiger partial charge on any atom is -0.491 e. The smallest absolute Gasteiger partial charge is 0.119 e. The quantitative estimate of drug-likeness (QED) is 0.242. The molecule has 8 heteroatoms. The molecule has 0 aromatic heterocycles. The number of aryl methyl sites for hydroxylation is 2. The van der Waals surface area contributed by atoms with E-state index in [1.54, 1.807) is 0 Å². The fourth-order valence-electron chi connectivity index (χ4n) is 3.21. The number of aliphatic hydroxyl groups excluding tert-OH is 2. The summed E-state index contributed by atoms with van der Waals surface area (Å²) in [5, 5.41) is 17.2. The standard InChI is InChI=1S/C27H40O8/c28-12-14-30-16-18-32-20-22-34-26-8-4-24(5-9-26)2-1-3-25-6-10-27(11-7-25)35-23-21-33-19-17-31-15-13-29/h4-11,28-29H,1-3,12-23H2. The molecule has 0 unspecified atom stereocenters. The van der Waals surface area contributed by atoms with Crippen LogP contribution in [-0.4, -0.2) is 89.5 Å². The van der Waals surface area contributed by atoms with E-state index in [1.165, 1.54) is 11.1 Å². The van der Waals surface area contributed by atoms with Gasteiger partial charge in [-0.25, -0.2) is 0 Å². The number of benzene rings is 2. The fourth-order valence-corrected chi connectivity index (χ4v) is 3.21. The van der Waals surface area contributed by atoms with Crippen molar-refractivity contribution < 1.29 is 38.6 Å². The zero-order chi connectivity index (χ0) is 24.8. The van der Waals surface area contributed by atoms with Crippen molar-refractivity contribution in [3.05, 3.63) is 59.7 Å². The second-order valence-corrected chi connectivity index (χ2v) is 7.74. The summed E-state index contributed by atoms with van der Waals surface area (Å²) >= 11 is 0. The van der Waals surface area contributed by atoms with E-state index in [2.05, 4.69) is 24.3 Å². The first-order chi connectivity index (χ1) is 17.3. The molecule has 2 rings (SSSR count). The normalized spacial score (nSPS) is 11.0. The third kappa shape index (κ3) is 14.7. The molecular formula is C27H40O8. The summed E-state index contributed by atoms with van der Waals surface area (Å²) in [6, 6.07) is 16.4. The topological polar surface area (TPSA) is 95.8 Å². The maximum atomic E-state index is 8.62. The zero-order valence-electron chi connectivity index (χ0n) is 20.6. The van der Waals surface area contributed by atoms with E-state index in [1.807, 2.05) is 24.3 Å². The number of aliphatic hydroxyl groups is 2. The van der Waals surface area contributed by atoms with Crippen molar-refractivity contribution in [3.8, 4) is 11.5 Å². The van der Waals surface area contributed by atoms with Gasteiger partial charge < -0.3 is 38.6 Å². The van der Waals surface area contributed by atoms with Crippen LogP contribution < -0.4 is 9.47 Å². The van der Waals surface area contributed by atoms with Gasteiger partial charge in [0.1, 0.15) is 24.7 Å². The monoisotopic (exact) mass is 492 g/mol. The molecule has 0 fully saturated rings. The average Bonchev–Trinajstić information content (AvgIpc) is 2.89. The molecule has 0 bridgehead atoms. The Morgan fingerprint density at radius 3 is 1.14 bits per heavy atom. The highest BCUT2D eigenvalue weighted by atomic mass is 16.6. The number of rotatable bonds is 22. The molecule has 0 radical (unpaired) electrons. The Balaban J connectivity index is 1.51. The summed E-state index contributed by atoms with van der Waals surface area (Å²) < 4.78 is 32.5. The van der Waals surface area contributed by atoms with E-state index in [0.717, 1.165) is 30.8 Å². The Hall–Kier alpha value is -2.20. The van der Waals surface area contributed by atoms with Gasteiger partial charge in [-0.2, -0.15) is 0 Å². The Morgan fingerprint density at radius 2 is 0.771 bits per heavy atom. The van der Waals surface area contributed by atoms with Crippen LogP contribution in [0.2, 0.25) is 0 Å². The molecule has 0 aliphatic rings. The molecule has 0 spiro atoms. The molecule has 2 aromatic rings. The molecule has 0 saturated heterocycles. The summed E-state index contributed by atoms with van der Waals surface area (Å²) in [5.41, 5.74) is 2.58. The first-order valence-electron chi connectivity index (χ1n) is 12.3. The van der Waals surface area contributed by atoms with E-state index >= 15 is 0 Å². The van der Waals surface area contributed by atoms with E-state index in [9.17, 15) is 0 Å². The molecule has 0 amide bonds. The van der Waals surface area contributed by atoms with Crippen LogP contribution in [0, 0.1) is 0 Å². The summed E-state index contributed by atoms with van der Waals surface area (Å²) in [4.78, 5) is 0. The average molecular weight is 493 g/mol. The molecule has 8 nitrogen and oxygen atoms in total. The molecule has 0 aliphatic heterocycles. The molecule has 0 heterocycles. The van der Waals surface area contributed by atoms with Crippen molar-refractivity contribution in [1.82, 2.24) is 0 Å². The van der Waals surface area contributed by atoms with Gasteiger partial charge in [-0.3, -0.25) is 0 Å². The Morgan fingerprint density at radius 1 is 0.429 bits per heavy atom. The van der Waals surface area contributed by atoms with Gasteiger partial charge in [0.25, 0.3) is 0 Å². The van der Waals surface area contributed by atoms with Gasteiger partial charge in [0.2, 0.25) is 0 Å². The molecule has 0 atom stereocenters. The van der Waals surface area contributed by atoms with Crippen molar-refractivity contribution >= 4 is 0 Å². The summed E-state index contributed by atoms with van der Waals surface area (Å²) in [6.07, 6.45) is 3.09. The predicted molar refractivity (Wildman–Crippen MR) is 133 cm³/mol. The van der Waals surface area contributed by atoms with Crippen LogP contribution in [0.25, 0.3) is 0 Å². The highest BCUT2D eigenvalue weighted by Crippen LogP contribution is 2.16. The van der Waals surface area contributed by atoms with Crippen LogP contribution in [0.1, 0.15) is 17.5 Å². The van der Waals surface area contributed by atoms with Crippen LogP contribution in [0.4, 0.5) is 0 Å². The van der Waals surface area contributed by atoms with E-state index in [-0.39, 0.29) is 13.2 Å². The van der Waals surface area contributed by atoms with Gasteiger partial charge in [0, 0.05) is 0 Å². The van der Waals surface area contributed by atoms with Gasteiger partial charge in [0.05, 0.1) is 66.1 Å². The SMILES string of the molecule is OCCOCCOCCOc1ccc(CCCc2ccc(OCCOCCOCCO)cc2)cc1. The third-order valence-corrected chi connectivity index (χ3v) is 4.99. The number of ether oxygens (including phenoxy) is 6. The lowest BCUT2D eigenvalue weighted by Gasteiger charge is -2.09. The molecule has 196 valence electrons. The molecular weight excluding hydrogens is 452 g/mol. The van der Waals surface area contributed by atoms with Gasteiger partial charge in [-0.05, 0) is 54.7 Å². The van der Waals surface area contributed by atoms with Crippen LogP contribution in [0.5, 0.6) is 11.5 Å². The molecule has 0 aliphatic carbocycles. The highest BCUT2D eigenvalue weighted by molar-refractivity contribution is 5.29. The highest BCUT2D eigenvalue weighted by Gasteiger charge is 2.00. The van der Waals surface area contributed by atoms with Gasteiger partial charge >= 0.3 is 0 Å².